The molecule has 2 heterocycles. The normalized spacial score (nSPS) is 21.0. The zero-order valence-corrected chi connectivity index (χ0v) is 22.8. The Bertz CT molecular complexity index is 1310. The minimum atomic E-state index is -1.85. The lowest BCUT2D eigenvalue weighted by atomic mass is 9.97. The number of carboxylic acids is 2. The molecular formula is C25H29N3O12S. The molecule has 1 aromatic rings. The predicted octanol–water partition coefficient (Wildman–Crippen LogP) is -0.0768. The van der Waals surface area contributed by atoms with Gasteiger partial charge in [-0.25, -0.2) is 9.59 Å². The van der Waals surface area contributed by atoms with Gasteiger partial charge in [-0.05, 0) is 36.6 Å². The third kappa shape index (κ3) is 6.55. The molecule has 0 saturated carbocycles. The molecule has 15 nitrogen and oxygen atoms in total. The van der Waals surface area contributed by atoms with Crippen LogP contribution in [-0.2, 0) is 38.2 Å². The standard InChI is InChI=1S/C25H29N3O12S/c1-38-17(9-12-6-7-15(29)16(30)8-12)22(36)40-10-13-11-41-24-25(39-2,23(37)28(24)19(13)21(34)35)27-18(31)5-3-4-14(26)20(32)33/h6-9,14,24,29-30H,3-5,10-11,26H2,1-2H3,(H,27,31)(H,32,33)(H,34,35)/b17-9-/t14-,24-,25+/m1/s1. The zero-order chi connectivity index (χ0) is 30.5. The van der Waals surface area contributed by atoms with E-state index in [-0.39, 0.29) is 42.1 Å². The van der Waals surface area contributed by atoms with Gasteiger partial charge in [0.2, 0.25) is 11.7 Å². The second-order valence-electron chi connectivity index (χ2n) is 8.96. The average molecular weight is 596 g/mol. The van der Waals surface area contributed by atoms with Crippen LogP contribution in [0.5, 0.6) is 11.5 Å². The number of phenolic OH excluding ortho intramolecular Hbond substituents is 2. The smallest absolute Gasteiger partial charge is 0.373 e. The van der Waals surface area contributed by atoms with Crippen molar-refractivity contribution in [3.8, 4) is 11.5 Å². The molecule has 7 N–H and O–H groups in total. The van der Waals surface area contributed by atoms with E-state index in [1.54, 1.807) is 0 Å². The molecule has 0 aliphatic carbocycles. The summed E-state index contributed by atoms with van der Waals surface area (Å²) < 4.78 is 15.6. The van der Waals surface area contributed by atoms with Crippen molar-refractivity contribution < 1.29 is 58.6 Å². The number of aromatic hydroxyl groups is 2. The average Bonchev–Trinajstić information content (AvgIpc) is 2.94. The number of amides is 2. The molecule has 3 rings (SSSR count). The van der Waals surface area contributed by atoms with Gasteiger partial charge in [0.1, 0.15) is 23.7 Å². The highest BCUT2D eigenvalue weighted by Gasteiger charge is 2.66. The Morgan fingerprint density at radius 2 is 1.93 bits per heavy atom. The maximum atomic E-state index is 13.2. The van der Waals surface area contributed by atoms with Gasteiger partial charge in [-0.15, -0.1) is 11.8 Å². The van der Waals surface area contributed by atoms with Crippen molar-refractivity contribution in [2.24, 2.45) is 5.73 Å². The van der Waals surface area contributed by atoms with Crippen LogP contribution in [0.4, 0.5) is 0 Å². The first-order valence-corrected chi connectivity index (χ1v) is 13.1. The van der Waals surface area contributed by atoms with Gasteiger partial charge >= 0.3 is 17.9 Å². The minimum Gasteiger partial charge on any atom is -0.504 e. The first-order valence-electron chi connectivity index (χ1n) is 12.1. The van der Waals surface area contributed by atoms with Crippen molar-refractivity contribution in [3.63, 3.8) is 0 Å². The van der Waals surface area contributed by atoms with E-state index >= 15 is 0 Å². The lowest BCUT2D eigenvalue weighted by Crippen LogP contribution is -2.80. The summed E-state index contributed by atoms with van der Waals surface area (Å²) in [6, 6.07) is 2.67. The van der Waals surface area contributed by atoms with Crippen LogP contribution in [0.2, 0.25) is 0 Å². The van der Waals surface area contributed by atoms with E-state index < -0.39 is 64.9 Å². The number of rotatable bonds is 13. The van der Waals surface area contributed by atoms with Crippen LogP contribution in [0.1, 0.15) is 24.8 Å². The predicted molar refractivity (Wildman–Crippen MR) is 141 cm³/mol. The number of thioether (sulfide) groups is 1. The van der Waals surface area contributed by atoms with Crippen LogP contribution in [0.25, 0.3) is 6.08 Å². The number of phenols is 2. The number of esters is 1. The lowest BCUT2D eigenvalue weighted by Gasteiger charge is -2.55. The summed E-state index contributed by atoms with van der Waals surface area (Å²) >= 11 is 1.08. The van der Waals surface area contributed by atoms with Crippen LogP contribution in [0.15, 0.2) is 35.2 Å². The first kappa shape index (κ1) is 31.3. The van der Waals surface area contributed by atoms with Gasteiger partial charge in [-0.3, -0.25) is 19.3 Å². The summed E-state index contributed by atoms with van der Waals surface area (Å²) in [7, 11) is 2.39. The van der Waals surface area contributed by atoms with Crippen molar-refractivity contribution in [1.82, 2.24) is 10.2 Å². The summed E-state index contributed by atoms with van der Waals surface area (Å²) in [5, 5.41) is 39.4. The van der Waals surface area contributed by atoms with Crippen LogP contribution in [-0.4, -0.2) is 98.8 Å². The molecule has 0 spiro atoms. The van der Waals surface area contributed by atoms with E-state index in [1.807, 2.05) is 0 Å². The number of fused-ring (bicyclic) bond motifs is 1. The number of aliphatic carboxylic acids is 2. The summed E-state index contributed by atoms with van der Waals surface area (Å²) in [6.07, 6.45) is 1.27. The molecule has 3 atom stereocenters. The number of hydrogen-bond donors (Lipinski definition) is 6. The highest BCUT2D eigenvalue weighted by Crippen LogP contribution is 2.46. The molecule has 2 amide bonds. The van der Waals surface area contributed by atoms with Crippen molar-refractivity contribution in [3.05, 3.63) is 40.8 Å². The molecule has 2 aliphatic heterocycles. The van der Waals surface area contributed by atoms with Gasteiger partial charge < -0.3 is 45.7 Å². The van der Waals surface area contributed by atoms with Crippen LogP contribution >= 0.6 is 11.8 Å². The summed E-state index contributed by atoms with van der Waals surface area (Å²) in [5.41, 5.74) is 3.58. The van der Waals surface area contributed by atoms with E-state index in [9.17, 15) is 39.3 Å². The highest BCUT2D eigenvalue weighted by atomic mass is 32.2. The number of β-lactam (4-membered cyclic amide) rings is 1. The Kier molecular flexibility index (Phi) is 9.85. The number of benzene rings is 1. The number of ether oxygens (including phenoxy) is 3. The molecule has 16 heteroatoms. The molecule has 1 saturated heterocycles. The molecule has 0 aromatic heterocycles. The van der Waals surface area contributed by atoms with Gasteiger partial charge in [-0.2, -0.15) is 0 Å². The van der Waals surface area contributed by atoms with E-state index in [0.29, 0.717) is 5.56 Å². The fraction of sp³-hybridized carbons (Fsp3) is 0.400. The number of carboxylic acid groups (broad SMARTS) is 2. The molecule has 0 radical (unpaired) electrons. The highest BCUT2D eigenvalue weighted by molar-refractivity contribution is 8.00. The van der Waals surface area contributed by atoms with E-state index in [2.05, 4.69) is 5.32 Å². The van der Waals surface area contributed by atoms with Gasteiger partial charge in [0.25, 0.3) is 11.6 Å². The van der Waals surface area contributed by atoms with Gasteiger partial charge in [-0.1, -0.05) is 6.07 Å². The first-order chi connectivity index (χ1) is 19.4. The monoisotopic (exact) mass is 595 g/mol. The number of carbonyl (C=O) groups is 5. The van der Waals surface area contributed by atoms with Crippen LogP contribution in [0.3, 0.4) is 0 Å². The molecule has 41 heavy (non-hydrogen) atoms. The number of nitrogens with zero attached hydrogens (tertiary/aromatic N) is 1. The molecule has 2 aliphatic rings. The second-order valence-corrected chi connectivity index (χ2v) is 10.0. The van der Waals surface area contributed by atoms with Crippen molar-refractivity contribution in [2.75, 3.05) is 26.6 Å². The van der Waals surface area contributed by atoms with Crippen molar-refractivity contribution in [1.29, 1.82) is 0 Å². The molecule has 1 aromatic carbocycles. The summed E-state index contributed by atoms with van der Waals surface area (Å²) in [6.45, 7) is -0.498. The SMILES string of the molecule is CO/C(=C\c1ccc(O)c(O)c1)C(=O)OCC1=C(C(=O)O)N2C(=O)[C@](NC(=O)CCC[C@@H](N)C(=O)O)(OC)[C@H]2SC1. The molecule has 0 bridgehead atoms. The fourth-order valence-electron chi connectivity index (χ4n) is 4.14. The Morgan fingerprint density at radius 3 is 2.51 bits per heavy atom. The summed E-state index contributed by atoms with van der Waals surface area (Å²) in [5.74, 6) is -6.13. The quantitative estimate of drug-likeness (QED) is 0.0437. The van der Waals surface area contributed by atoms with Crippen molar-refractivity contribution >= 4 is 47.6 Å². The third-order valence-corrected chi connectivity index (χ3v) is 7.67. The number of nitrogens with two attached hydrogens (primary N) is 1. The second kappa shape index (κ2) is 12.9. The van der Waals surface area contributed by atoms with E-state index in [1.165, 1.54) is 38.5 Å². The van der Waals surface area contributed by atoms with Gasteiger partial charge in [0, 0.05) is 24.9 Å². The Labute approximate surface area is 237 Å². The maximum Gasteiger partial charge on any atom is 0.373 e. The Hall–Kier alpha value is -4.28. The van der Waals surface area contributed by atoms with Crippen molar-refractivity contribution in [2.45, 2.75) is 36.4 Å². The molecule has 1 fully saturated rings. The van der Waals surface area contributed by atoms with Crippen LogP contribution in [0, 0.1) is 0 Å². The minimum absolute atomic E-state index is 0.00959. The largest absolute Gasteiger partial charge is 0.504 e. The summed E-state index contributed by atoms with van der Waals surface area (Å²) in [4.78, 5) is 62.2. The number of hydrogen-bond acceptors (Lipinski definition) is 12. The fourth-order valence-corrected chi connectivity index (χ4v) is 5.56. The van der Waals surface area contributed by atoms with Gasteiger partial charge in [0.15, 0.2) is 11.5 Å². The molecular weight excluding hydrogens is 566 g/mol. The lowest BCUT2D eigenvalue weighted by molar-refractivity contribution is -0.192. The van der Waals surface area contributed by atoms with Crippen LogP contribution < -0.4 is 11.1 Å². The topological polar surface area (TPSA) is 235 Å². The van der Waals surface area contributed by atoms with Gasteiger partial charge in [0.05, 0.1) is 7.11 Å². The number of carbonyl (C=O) groups excluding carboxylic acids is 3. The zero-order valence-electron chi connectivity index (χ0n) is 22.0. The van der Waals surface area contributed by atoms with E-state index in [0.717, 1.165) is 16.7 Å². The number of nitrogens with one attached hydrogen (secondary N) is 1. The number of methoxy groups -OCH3 is 2. The Balaban J connectivity index is 1.71. The maximum absolute atomic E-state index is 13.2. The molecule has 222 valence electrons. The molecule has 0 unspecified atom stereocenters. The Morgan fingerprint density at radius 1 is 1.22 bits per heavy atom. The third-order valence-electron chi connectivity index (χ3n) is 6.29. The van der Waals surface area contributed by atoms with E-state index in [4.69, 9.17) is 25.1 Å².